The molecule has 1 unspecified atom stereocenters. The number of fused-ring (bicyclic) bond motifs is 1. The second kappa shape index (κ2) is 13.0. The van der Waals surface area contributed by atoms with Crippen molar-refractivity contribution >= 4 is 12.8 Å². The van der Waals surface area contributed by atoms with Crippen LogP contribution in [0.25, 0.3) is 6.08 Å². The molecule has 0 bridgehead atoms. The molecule has 0 amide bonds. The van der Waals surface area contributed by atoms with E-state index in [1.165, 1.54) is 5.70 Å². The summed E-state index contributed by atoms with van der Waals surface area (Å²) >= 11 is 0. The van der Waals surface area contributed by atoms with E-state index in [0.29, 0.717) is 12.1 Å². The summed E-state index contributed by atoms with van der Waals surface area (Å²) in [7, 11) is 6.12. The van der Waals surface area contributed by atoms with Crippen molar-refractivity contribution in [3.8, 4) is 0 Å². The summed E-state index contributed by atoms with van der Waals surface area (Å²) in [5.41, 5.74) is 3.48. The number of allylic oxidation sites excluding steroid dienone is 1. The van der Waals surface area contributed by atoms with Crippen LogP contribution in [0.4, 0.5) is 0 Å². The average molecular weight is 462 g/mol. The van der Waals surface area contributed by atoms with Crippen LogP contribution in [0.2, 0.25) is 0 Å². The van der Waals surface area contributed by atoms with E-state index in [4.69, 9.17) is 0 Å². The van der Waals surface area contributed by atoms with Gasteiger partial charge in [0.25, 0.3) is 0 Å². The zero-order valence-electron chi connectivity index (χ0n) is 22.1. The molecule has 188 valence electrons. The number of likely N-dealkylation sites (tertiary alicyclic amines) is 1. The molecule has 0 aromatic carbocycles. The molecule has 0 saturated carbocycles. The molecule has 1 aromatic heterocycles. The molecule has 2 aliphatic heterocycles. The van der Waals surface area contributed by atoms with Crippen molar-refractivity contribution in [2.24, 2.45) is 18.1 Å². The van der Waals surface area contributed by atoms with Crippen LogP contribution in [0, 0.1) is 5.92 Å². The highest BCUT2D eigenvalue weighted by Gasteiger charge is 2.35. The van der Waals surface area contributed by atoms with Gasteiger partial charge in [-0.3, -0.25) is 14.5 Å². The van der Waals surface area contributed by atoms with E-state index in [-0.39, 0.29) is 5.69 Å². The molecule has 4 rings (SSSR count). The number of likely N-dealkylation sites (N-methyl/N-ethyl adjacent to an activating group) is 1. The van der Waals surface area contributed by atoms with E-state index >= 15 is 0 Å². The number of nitrogens with zero attached hydrogens (tertiary/aromatic N) is 6. The molecular formula is C25H47N7O. The van der Waals surface area contributed by atoms with Crippen molar-refractivity contribution in [1.82, 2.24) is 29.3 Å². The lowest BCUT2D eigenvalue weighted by atomic mass is 9.91. The Hall–Kier alpha value is -2.06. The molecule has 1 aliphatic carbocycles. The number of aromatic amines is 1. The Balaban J connectivity index is 0.000000914. The third kappa shape index (κ3) is 6.29. The van der Waals surface area contributed by atoms with Gasteiger partial charge in [0, 0.05) is 71.5 Å². The van der Waals surface area contributed by atoms with Crippen LogP contribution in [0.1, 0.15) is 58.3 Å². The molecule has 33 heavy (non-hydrogen) atoms. The zero-order chi connectivity index (χ0) is 24.5. The average Bonchev–Trinajstić information content (AvgIpc) is 3.16. The number of piperidine rings is 1. The predicted molar refractivity (Wildman–Crippen MR) is 139 cm³/mol. The monoisotopic (exact) mass is 461 g/mol. The number of aromatic nitrogens is 2. The summed E-state index contributed by atoms with van der Waals surface area (Å²) in [5, 5.41) is 6.35. The summed E-state index contributed by atoms with van der Waals surface area (Å²) in [6.45, 7) is 18.4. The maximum Gasteiger partial charge on any atom is 0.325 e. The Kier molecular flexibility index (Phi) is 10.7. The van der Waals surface area contributed by atoms with E-state index in [1.54, 1.807) is 4.57 Å². The van der Waals surface area contributed by atoms with Gasteiger partial charge in [-0.2, -0.15) is 5.10 Å². The molecule has 0 spiro atoms. The number of hydrogen-bond acceptors (Lipinski definition) is 6. The fourth-order valence-electron chi connectivity index (χ4n) is 5.19. The lowest BCUT2D eigenvalue weighted by Crippen LogP contribution is -2.57. The van der Waals surface area contributed by atoms with E-state index < -0.39 is 0 Å². The van der Waals surface area contributed by atoms with Crippen LogP contribution in [-0.2, 0) is 13.5 Å². The van der Waals surface area contributed by atoms with Crippen molar-refractivity contribution in [1.29, 1.82) is 0 Å². The molecule has 1 aromatic rings. The minimum absolute atomic E-state index is 0.0128. The molecule has 2 fully saturated rings. The number of nitrogens with one attached hydrogen (secondary N) is 1. The van der Waals surface area contributed by atoms with Gasteiger partial charge in [0.15, 0.2) is 0 Å². The Morgan fingerprint density at radius 2 is 1.64 bits per heavy atom. The number of aryl methyl sites for hydroxylation is 1. The third-order valence-corrected chi connectivity index (χ3v) is 7.05. The van der Waals surface area contributed by atoms with Gasteiger partial charge in [-0.25, -0.2) is 4.79 Å². The van der Waals surface area contributed by atoms with Crippen LogP contribution in [0.15, 0.2) is 15.6 Å². The van der Waals surface area contributed by atoms with E-state index in [0.717, 1.165) is 76.3 Å². The zero-order valence-corrected chi connectivity index (χ0v) is 22.1. The Morgan fingerprint density at radius 1 is 1.03 bits per heavy atom. The van der Waals surface area contributed by atoms with Crippen LogP contribution in [-0.4, -0.2) is 95.5 Å². The van der Waals surface area contributed by atoms with Gasteiger partial charge in [-0.1, -0.05) is 27.7 Å². The Morgan fingerprint density at radius 3 is 2.21 bits per heavy atom. The first-order valence-electron chi connectivity index (χ1n) is 12.8. The fraction of sp³-hybridized carbons (Fsp3) is 0.760. The van der Waals surface area contributed by atoms with Crippen LogP contribution >= 0.6 is 0 Å². The van der Waals surface area contributed by atoms with Gasteiger partial charge in [0.1, 0.15) is 6.17 Å². The van der Waals surface area contributed by atoms with Crippen LogP contribution in [0.3, 0.4) is 0 Å². The molecule has 1 N–H and O–H groups in total. The molecule has 1 atom stereocenters. The lowest BCUT2D eigenvalue weighted by molar-refractivity contribution is -0.0241. The van der Waals surface area contributed by atoms with Crippen LogP contribution in [0.5, 0.6) is 0 Å². The first-order valence-corrected chi connectivity index (χ1v) is 12.8. The summed E-state index contributed by atoms with van der Waals surface area (Å²) in [6.07, 6.45) is 6.80. The van der Waals surface area contributed by atoms with Crippen molar-refractivity contribution < 1.29 is 0 Å². The third-order valence-electron chi connectivity index (χ3n) is 7.05. The first-order chi connectivity index (χ1) is 16.0. The molecule has 8 heteroatoms. The number of H-pyrrole nitrogens is 1. The second-order valence-corrected chi connectivity index (χ2v) is 8.78. The van der Waals surface area contributed by atoms with Crippen molar-refractivity contribution in [2.45, 2.75) is 59.5 Å². The maximum absolute atomic E-state index is 11.9. The largest absolute Gasteiger partial charge is 0.375 e. The fourth-order valence-corrected chi connectivity index (χ4v) is 5.19. The van der Waals surface area contributed by atoms with E-state index in [2.05, 4.69) is 56.7 Å². The van der Waals surface area contributed by atoms with Gasteiger partial charge in [-0.05, 0) is 44.7 Å². The molecule has 8 nitrogen and oxygen atoms in total. The first kappa shape index (κ1) is 27.2. The second-order valence-electron chi connectivity index (χ2n) is 8.78. The number of hydrogen-bond donors (Lipinski definition) is 1. The molecule has 3 heterocycles. The molecule has 0 radical (unpaired) electrons. The quantitative estimate of drug-likeness (QED) is 0.540. The standard InChI is InChI=1S/C21H35N7O.2C2H6/c1-22-26(4)20(28-13-11-24(2)12-14-28)16-7-9-27(10-8-16)17-5-6-18-19(15-17)25(3)21(29)23-18;2*1-2/h15-16,20H,1,5-14H2,2-4H3,(H,23,29);2*1-2H3. The summed E-state index contributed by atoms with van der Waals surface area (Å²) in [5.74, 6) is 0.599. The smallest absolute Gasteiger partial charge is 0.325 e. The molecule has 3 aliphatic rings. The summed E-state index contributed by atoms with van der Waals surface area (Å²) in [6, 6.07) is 0. The highest BCUT2D eigenvalue weighted by molar-refractivity contribution is 5.54. The Labute approximate surface area is 200 Å². The van der Waals surface area contributed by atoms with Crippen molar-refractivity contribution in [3.05, 3.63) is 27.6 Å². The summed E-state index contributed by atoms with van der Waals surface area (Å²) < 4.78 is 1.73. The normalized spacial score (nSPS) is 20.5. The number of hydrazone groups is 1. The number of rotatable bonds is 5. The van der Waals surface area contributed by atoms with Crippen molar-refractivity contribution in [2.75, 3.05) is 53.4 Å². The molecular weight excluding hydrogens is 414 g/mol. The topological polar surface area (TPSA) is 63.1 Å². The van der Waals surface area contributed by atoms with E-state index in [9.17, 15) is 4.79 Å². The van der Waals surface area contributed by atoms with Crippen molar-refractivity contribution in [3.63, 3.8) is 0 Å². The maximum atomic E-state index is 11.9. The highest BCUT2D eigenvalue weighted by atomic mass is 16.1. The van der Waals surface area contributed by atoms with E-state index in [1.807, 2.05) is 34.7 Å². The minimum atomic E-state index is -0.0128. The van der Waals surface area contributed by atoms with Gasteiger partial charge in [0.2, 0.25) is 0 Å². The highest BCUT2D eigenvalue weighted by Crippen LogP contribution is 2.31. The van der Waals surface area contributed by atoms with Gasteiger partial charge in [0.05, 0.1) is 5.69 Å². The van der Waals surface area contributed by atoms with Gasteiger partial charge in [-0.15, -0.1) is 0 Å². The van der Waals surface area contributed by atoms with Gasteiger partial charge >= 0.3 is 5.69 Å². The van der Waals surface area contributed by atoms with Crippen LogP contribution < -0.4 is 5.69 Å². The number of imidazole rings is 1. The molecule has 2 saturated heterocycles. The SMILES string of the molecule is C=NN(C)C(C1CCN(C2=Cc3c([nH]c(=O)n3C)CC2)CC1)N1CCN(C)CC1.CC.CC. The lowest BCUT2D eigenvalue weighted by Gasteiger charge is -2.47. The number of piperazine rings is 1. The predicted octanol–water partition coefficient (Wildman–Crippen LogP) is 2.89. The summed E-state index contributed by atoms with van der Waals surface area (Å²) in [4.78, 5) is 22.4. The minimum Gasteiger partial charge on any atom is -0.375 e. The Bertz CT molecular complexity index is 811. The van der Waals surface area contributed by atoms with Gasteiger partial charge < -0.3 is 14.8 Å².